The molecule has 2 fully saturated rings. The Bertz CT molecular complexity index is 471. The maximum atomic E-state index is 6.25. The van der Waals surface area contributed by atoms with Crippen molar-refractivity contribution in [2.75, 3.05) is 0 Å². The predicted molar refractivity (Wildman–Crippen MR) is 87.4 cm³/mol. The number of unbranched alkanes of at least 4 members (excludes halogenated alkanes) is 1. The third-order valence-corrected chi connectivity index (χ3v) is 5.89. The Kier molecular flexibility index (Phi) is 4.90. The first-order valence-electron chi connectivity index (χ1n) is 8.64. The van der Waals surface area contributed by atoms with E-state index in [0.29, 0.717) is 11.2 Å². The normalized spacial score (nSPS) is 29.2. The van der Waals surface area contributed by atoms with Crippen LogP contribution in [-0.2, 0) is 13.0 Å². The van der Waals surface area contributed by atoms with Gasteiger partial charge in [0.2, 0.25) is 0 Å². The van der Waals surface area contributed by atoms with Crippen molar-refractivity contribution in [3.8, 4) is 0 Å². The van der Waals surface area contributed by atoms with Gasteiger partial charge in [-0.15, -0.1) is 0 Å². The van der Waals surface area contributed by atoms with Crippen LogP contribution in [0, 0.1) is 17.8 Å². The molecule has 2 aliphatic carbocycles. The molecule has 2 bridgehead atoms. The Hall–Kier alpha value is -0.540. The number of fused-ring (bicyclic) bond motifs is 2. The summed E-state index contributed by atoms with van der Waals surface area (Å²) in [6.07, 6.45) is 9.18. The molecule has 4 heteroatoms. The van der Waals surface area contributed by atoms with Gasteiger partial charge in [-0.05, 0) is 50.4 Å². The lowest BCUT2D eigenvalue weighted by Gasteiger charge is -2.28. The molecule has 0 aromatic carbocycles. The van der Waals surface area contributed by atoms with E-state index in [9.17, 15) is 0 Å². The number of aromatic nitrogens is 2. The minimum atomic E-state index is 0.582. The maximum absolute atomic E-state index is 6.25. The second-order valence-electron chi connectivity index (χ2n) is 7.06. The molecular formula is C17H28ClN3. The summed E-state index contributed by atoms with van der Waals surface area (Å²) in [5.74, 6) is 3.88. The quantitative estimate of drug-likeness (QED) is 0.787. The van der Waals surface area contributed by atoms with Crippen molar-refractivity contribution in [1.82, 2.24) is 15.3 Å². The minimum Gasteiger partial charge on any atom is -0.344 e. The van der Waals surface area contributed by atoms with Crippen molar-refractivity contribution in [3.05, 3.63) is 16.7 Å². The molecule has 4 unspecified atom stereocenters. The fraction of sp³-hybridized carbons (Fsp3) is 0.824. The molecular weight excluding hydrogens is 282 g/mol. The molecule has 1 aromatic rings. The number of H-pyrrole nitrogens is 1. The second-order valence-corrected chi connectivity index (χ2v) is 7.42. The van der Waals surface area contributed by atoms with Gasteiger partial charge >= 0.3 is 0 Å². The van der Waals surface area contributed by atoms with Crippen LogP contribution in [0.15, 0.2) is 0 Å². The van der Waals surface area contributed by atoms with Gasteiger partial charge in [0, 0.05) is 19.0 Å². The van der Waals surface area contributed by atoms with Crippen LogP contribution in [0.3, 0.4) is 0 Å². The van der Waals surface area contributed by atoms with Gasteiger partial charge in [0.1, 0.15) is 5.82 Å². The lowest BCUT2D eigenvalue weighted by atomic mass is 9.84. The van der Waals surface area contributed by atoms with Gasteiger partial charge in [0.15, 0.2) is 5.15 Å². The molecule has 2 aliphatic rings. The molecule has 0 saturated heterocycles. The molecule has 0 radical (unpaired) electrons. The highest BCUT2D eigenvalue weighted by Gasteiger charge is 2.41. The smallest absolute Gasteiger partial charge is 0.151 e. The van der Waals surface area contributed by atoms with E-state index in [1.807, 2.05) is 0 Å². The first-order chi connectivity index (χ1) is 10.2. The van der Waals surface area contributed by atoms with Gasteiger partial charge in [-0.25, -0.2) is 4.98 Å². The number of hydrogen-bond acceptors (Lipinski definition) is 2. The molecule has 1 heterocycles. The van der Waals surface area contributed by atoms with Crippen molar-refractivity contribution in [1.29, 1.82) is 0 Å². The zero-order chi connectivity index (χ0) is 14.8. The monoisotopic (exact) mass is 309 g/mol. The fourth-order valence-corrected chi connectivity index (χ4v) is 4.56. The van der Waals surface area contributed by atoms with Crippen LogP contribution < -0.4 is 5.32 Å². The molecule has 1 aromatic heterocycles. The van der Waals surface area contributed by atoms with Crippen molar-refractivity contribution < 1.29 is 0 Å². The van der Waals surface area contributed by atoms with E-state index in [-0.39, 0.29) is 0 Å². The van der Waals surface area contributed by atoms with Gasteiger partial charge in [-0.3, -0.25) is 0 Å². The van der Waals surface area contributed by atoms with E-state index in [4.69, 9.17) is 11.6 Å². The Balaban J connectivity index is 1.51. The van der Waals surface area contributed by atoms with Crippen LogP contribution >= 0.6 is 11.6 Å². The number of aromatic amines is 1. The van der Waals surface area contributed by atoms with Crippen LogP contribution in [0.5, 0.6) is 0 Å². The number of nitrogens with one attached hydrogen (secondary N) is 2. The lowest BCUT2D eigenvalue weighted by molar-refractivity contribution is 0.259. The first kappa shape index (κ1) is 15.4. The summed E-state index contributed by atoms with van der Waals surface area (Å²) in [6.45, 7) is 5.35. The summed E-state index contributed by atoms with van der Waals surface area (Å²) < 4.78 is 0. The topological polar surface area (TPSA) is 40.7 Å². The highest BCUT2D eigenvalue weighted by atomic mass is 35.5. The molecule has 2 saturated carbocycles. The molecule has 118 valence electrons. The molecule has 3 nitrogen and oxygen atoms in total. The molecule has 4 atom stereocenters. The average molecular weight is 310 g/mol. The van der Waals surface area contributed by atoms with Crippen molar-refractivity contribution >= 4 is 11.6 Å². The summed E-state index contributed by atoms with van der Waals surface area (Å²) in [5.41, 5.74) is 1.05. The number of hydrogen-bond donors (Lipinski definition) is 2. The Morgan fingerprint density at radius 2 is 2.24 bits per heavy atom. The molecule has 3 rings (SSSR count). The Labute approximate surface area is 133 Å². The average Bonchev–Trinajstić information content (AvgIpc) is 3.18. The van der Waals surface area contributed by atoms with E-state index in [1.54, 1.807) is 0 Å². The van der Waals surface area contributed by atoms with E-state index < -0.39 is 0 Å². The number of nitrogens with zero attached hydrogens (tertiary/aromatic N) is 1. The zero-order valence-corrected chi connectivity index (χ0v) is 14.0. The van der Waals surface area contributed by atoms with Gasteiger partial charge in [-0.2, -0.15) is 0 Å². The molecule has 0 amide bonds. The lowest BCUT2D eigenvalue weighted by Crippen LogP contribution is -2.36. The van der Waals surface area contributed by atoms with Crippen molar-refractivity contribution in [2.24, 2.45) is 17.8 Å². The molecule has 21 heavy (non-hydrogen) atoms. The second kappa shape index (κ2) is 6.70. The summed E-state index contributed by atoms with van der Waals surface area (Å²) in [7, 11) is 0. The predicted octanol–water partition coefficient (Wildman–Crippen LogP) is 4.32. The summed E-state index contributed by atoms with van der Waals surface area (Å²) in [4.78, 5) is 7.82. The van der Waals surface area contributed by atoms with Gasteiger partial charge in [-0.1, -0.05) is 31.4 Å². The highest BCUT2D eigenvalue weighted by Crippen LogP contribution is 2.49. The third-order valence-electron chi connectivity index (χ3n) is 5.58. The molecule has 0 spiro atoms. The van der Waals surface area contributed by atoms with Gasteiger partial charge in [0.05, 0.1) is 5.69 Å². The van der Waals surface area contributed by atoms with Crippen LogP contribution in [0.1, 0.15) is 63.9 Å². The largest absolute Gasteiger partial charge is 0.344 e. The minimum absolute atomic E-state index is 0.582. The van der Waals surface area contributed by atoms with E-state index in [0.717, 1.165) is 48.7 Å². The fourth-order valence-electron chi connectivity index (χ4n) is 4.34. The molecule has 0 aliphatic heterocycles. The van der Waals surface area contributed by atoms with E-state index in [2.05, 4.69) is 29.1 Å². The summed E-state index contributed by atoms with van der Waals surface area (Å²) >= 11 is 6.25. The Morgan fingerprint density at radius 3 is 2.90 bits per heavy atom. The zero-order valence-electron chi connectivity index (χ0n) is 13.3. The van der Waals surface area contributed by atoms with Crippen molar-refractivity contribution in [3.63, 3.8) is 0 Å². The van der Waals surface area contributed by atoms with Crippen LogP contribution in [0.2, 0.25) is 5.15 Å². The van der Waals surface area contributed by atoms with Crippen molar-refractivity contribution in [2.45, 2.75) is 71.4 Å². The maximum Gasteiger partial charge on any atom is 0.151 e. The number of aryl methyl sites for hydroxylation is 1. The number of rotatable bonds is 7. The van der Waals surface area contributed by atoms with Crippen LogP contribution in [0.4, 0.5) is 0 Å². The Morgan fingerprint density at radius 1 is 1.38 bits per heavy atom. The highest BCUT2D eigenvalue weighted by molar-refractivity contribution is 6.30. The SMILES string of the molecule is CCCCc1nc(Cl)c(CNC(C)C2CC3CCC2C3)[nH]1. The third kappa shape index (κ3) is 3.45. The number of halogens is 1. The van der Waals surface area contributed by atoms with Crippen LogP contribution in [-0.4, -0.2) is 16.0 Å². The van der Waals surface area contributed by atoms with Gasteiger partial charge in [0.25, 0.3) is 0 Å². The number of imidazole rings is 1. The molecule has 2 N–H and O–H groups in total. The van der Waals surface area contributed by atoms with Crippen LogP contribution in [0.25, 0.3) is 0 Å². The summed E-state index contributed by atoms with van der Waals surface area (Å²) in [6, 6.07) is 0.582. The van der Waals surface area contributed by atoms with Gasteiger partial charge < -0.3 is 10.3 Å². The standard InChI is InChI=1S/C17H28ClN3/c1-3-4-5-16-20-15(17(18)21-16)10-19-11(2)14-9-12-6-7-13(14)8-12/h11-14,19H,3-10H2,1-2H3,(H,20,21). The summed E-state index contributed by atoms with van der Waals surface area (Å²) in [5, 5.41) is 4.33. The van der Waals surface area contributed by atoms with E-state index in [1.165, 1.54) is 32.1 Å². The first-order valence-corrected chi connectivity index (χ1v) is 9.01. The van der Waals surface area contributed by atoms with E-state index >= 15 is 0 Å².